The lowest BCUT2D eigenvalue weighted by molar-refractivity contribution is 0.446. The Morgan fingerprint density at radius 2 is 2.69 bits per heavy atom. The number of anilines is 1. The van der Waals surface area contributed by atoms with Crippen LogP contribution in [0.2, 0.25) is 0 Å². The van der Waals surface area contributed by atoms with Gasteiger partial charge in [-0.3, -0.25) is 0 Å². The van der Waals surface area contributed by atoms with Gasteiger partial charge in [0.1, 0.15) is 0 Å². The summed E-state index contributed by atoms with van der Waals surface area (Å²) in [6.45, 7) is 5.50. The summed E-state index contributed by atoms with van der Waals surface area (Å²) in [6, 6.07) is 0.637. The predicted octanol–water partition coefficient (Wildman–Crippen LogP) is 1.33. The lowest BCUT2D eigenvalue weighted by atomic mass is 10.2. The molecular weight excluding hydrogens is 182 g/mol. The normalized spacial score (nSPS) is 23.5. The number of aromatic nitrogens is 1. The van der Waals surface area contributed by atoms with E-state index in [4.69, 9.17) is 0 Å². The monoisotopic (exact) mass is 197 g/mol. The molecule has 1 aromatic rings. The van der Waals surface area contributed by atoms with Gasteiger partial charge in [-0.1, -0.05) is 6.92 Å². The van der Waals surface area contributed by atoms with E-state index in [1.54, 1.807) is 11.3 Å². The van der Waals surface area contributed by atoms with Crippen molar-refractivity contribution in [2.75, 3.05) is 24.5 Å². The van der Waals surface area contributed by atoms with Crippen LogP contribution in [0.5, 0.6) is 0 Å². The van der Waals surface area contributed by atoms with Crippen molar-refractivity contribution in [1.82, 2.24) is 10.3 Å². The average Bonchev–Trinajstić information content (AvgIpc) is 2.71. The molecule has 0 radical (unpaired) electrons. The molecule has 1 aliphatic heterocycles. The predicted molar refractivity (Wildman–Crippen MR) is 56.4 cm³/mol. The second-order valence-electron chi connectivity index (χ2n) is 3.32. The van der Waals surface area contributed by atoms with Crippen LogP contribution in [-0.2, 0) is 0 Å². The van der Waals surface area contributed by atoms with Gasteiger partial charge in [0.2, 0.25) is 0 Å². The highest BCUT2D eigenvalue weighted by atomic mass is 32.1. The zero-order chi connectivity index (χ0) is 9.10. The minimum atomic E-state index is 0.637. The van der Waals surface area contributed by atoms with Crippen molar-refractivity contribution in [1.29, 1.82) is 0 Å². The molecule has 1 unspecified atom stereocenters. The molecule has 1 N–H and O–H groups in total. The van der Waals surface area contributed by atoms with Crippen LogP contribution in [0.1, 0.15) is 13.3 Å². The lowest BCUT2D eigenvalue weighted by Gasteiger charge is -2.32. The number of rotatable bonds is 2. The van der Waals surface area contributed by atoms with Gasteiger partial charge in [0.15, 0.2) is 5.13 Å². The van der Waals surface area contributed by atoms with Gasteiger partial charge >= 0.3 is 0 Å². The van der Waals surface area contributed by atoms with Gasteiger partial charge in [0.25, 0.3) is 0 Å². The van der Waals surface area contributed by atoms with E-state index < -0.39 is 0 Å². The van der Waals surface area contributed by atoms with Crippen molar-refractivity contribution >= 4 is 16.5 Å². The number of nitrogens with one attached hydrogen (secondary N) is 1. The van der Waals surface area contributed by atoms with Gasteiger partial charge in [-0.05, 0) is 6.42 Å². The van der Waals surface area contributed by atoms with Crippen LogP contribution in [0.25, 0.3) is 0 Å². The molecule has 3 nitrogen and oxygen atoms in total. The fraction of sp³-hybridized carbons (Fsp3) is 0.667. The fourth-order valence-electron chi connectivity index (χ4n) is 1.64. The molecule has 13 heavy (non-hydrogen) atoms. The van der Waals surface area contributed by atoms with E-state index in [1.807, 2.05) is 11.6 Å². The van der Waals surface area contributed by atoms with Gasteiger partial charge in [0.05, 0.1) is 0 Å². The topological polar surface area (TPSA) is 28.2 Å². The van der Waals surface area contributed by atoms with Crippen LogP contribution < -0.4 is 10.2 Å². The van der Waals surface area contributed by atoms with Gasteiger partial charge in [-0.2, -0.15) is 0 Å². The van der Waals surface area contributed by atoms with Crippen LogP contribution in [-0.4, -0.2) is 30.7 Å². The van der Waals surface area contributed by atoms with Crippen LogP contribution in [0.4, 0.5) is 5.13 Å². The van der Waals surface area contributed by atoms with Gasteiger partial charge in [-0.15, -0.1) is 11.3 Å². The average molecular weight is 197 g/mol. The highest BCUT2D eigenvalue weighted by molar-refractivity contribution is 7.13. The number of piperazine rings is 1. The zero-order valence-corrected chi connectivity index (χ0v) is 8.68. The third-order valence-electron chi connectivity index (χ3n) is 2.44. The highest BCUT2D eigenvalue weighted by Gasteiger charge is 2.18. The Labute approximate surface area is 82.8 Å². The van der Waals surface area contributed by atoms with E-state index in [9.17, 15) is 0 Å². The molecule has 0 aliphatic carbocycles. The van der Waals surface area contributed by atoms with E-state index in [0.717, 1.165) is 19.6 Å². The summed E-state index contributed by atoms with van der Waals surface area (Å²) in [6.07, 6.45) is 3.07. The van der Waals surface area contributed by atoms with Crippen molar-refractivity contribution in [3.63, 3.8) is 0 Å². The van der Waals surface area contributed by atoms with E-state index in [-0.39, 0.29) is 0 Å². The molecule has 4 heteroatoms. The first-order chi connectivity index (χ1) is 6.40. The first kappa shape index (κ1) is 8.97. The minimum Gasteiger partial charge on any atom is -0.345 e. The molecule has 1 fully saturated rings. The Balaban J connectivity index is 2.00. The Morgan fingerprint density at radius 3 is 3.38 bits per heavy atom. The molecule has 1 atom stereocenters. The van der Waals surface area contributed by atoms with Crippen molar-refractivity contribution in [3.05, 3.63) is 11.6 Å². The molecule has 2 rings (SSSR count). The zero-order valence-electron chi connectivity index (χ0n) is 7.86. The number of nitrogens with zero attached hydrogens (tertiary/aromatic N) is 2. The molecule has 72 valence electrons. The maximum atomic E-state index is 4.33. The first-order valence-corrected chi connectivity index (χ1v) is 5.66. The van der Waals surface area contributed by atoms with Gasteiger partial charge < -0.3 is 10.2 Å². The van der Waals surface area contributed by atoms with E-state index in [2.05, 4.69) is 22.1 Å². The Kier molecular flexibility index (Phi) is 2.80. The molecule has 0 saturated carbocycles. The number of thiazole rings is 1. The van der Waals surface area contributed by atoms with Crippen molar-refractivity contribution < 1.29 is 0 Å². The maximum Gasteiger partial charge on any atom is 0.185 e. The van der Waals surface area contributed by atoms with Crippen LogP contribution in [0.15, 0.2) is 11.6 Å². The largest absolute Gasteiger partial charge is 0.345 e. The third kappa shape index (κ3) is 2.00. The summed E-state index contributed by atoms with van der Waals surface area (Å²) in [5, 5.41) is 6.70. The fourth-order valence-corrected chi connectivity index (χ4v) is 2.32. The summed E-state index contributed by atoms with van der Waals surface area (Å²) in [5.74, 6) is 0. The van der Waals surface area contributed by atoms with Crippen LogP contribution in [0, 0.1) is 0 Å². The molecule has 1 aliphatic rings. The van der Waals surface area contributed by atoms with Gasteiger partial charge in [0, 0.05) is 37.3 Å². The van der Waals surface area contributed by atoms with Crippen molar-refractivity contribution in [2.24, 2.45) is 0 Å². The maximum absolute atomic E-state index is 4.33. The number of hydrogen-bond acceptors (Lipinski definition) is 4. The summed E-state index contributed by atoms with van der Waals surface area (Å²) >= 11 is 1.73. The molecule has 0 amide bonds. The third-order valence-corrected chi connectivity index (χ3v) is 3.27. The standard InChI is InChI=1S/C9H15N3S/c1-2-8-7-12(5-3-10-8)9-11-4-6-13-9/h4,6,8,10H,2-3,5,7H2,1H3. The molecule has 0 spiro atoms. The van der Waals surface area contributed by atoms with Crippen LogP contribution in [0.3, 0.4) is 0 Å². The second kappa shape index (κ2) is 4.07. The summed E-state index contributed by atoms with van der Waals surface area (Å²) in [5.41, 5.74) is 0. The SMILES string of the molecule is CCC1CN(c2nccs2)CCN1. The summed E-state index contributed by atoms with van der Waals surface area (Å²) < 4.78 is 0. The molecule has 1 aromatic heterocycles. The molecule has 0 bridgehead atoms. The Bertz CT molecular complexity index is 247. The van der Waals surface area contributed by atoms with Crippen molar-refractivity contribution in [3.8, 4) is 0 Å². The van der Waals surface area contributed by atoms with E-state index in [1.165, 1.54) is 11.6 Å². The Morgan fingerprint density at radius 1 is 1.77 bits per heavy atom. The van der Waals surface area contributed by atoms with E-state index >= 15 is 0 Å². The molecular formula is C9H15N3S. The van der Waals surface area contributed by atoms with Crippen LogP contribution >= 0.6 is 11.3 Å². The summed E-state index contributed by atoms with van der Waals surface area (Å²) in [4.78, 5) is 6.70. The first-order valence-electron chi connectivity index (χ1n) is 4.78. The number of hydrogen-bond donors (Lipinski definition) is 1. The van der Waals surface area contributed by atoms with E-state index in [0.29, 0.717) is 6.04 Å². The minimum absolute atomic E-state index is 0.637. The smallest absolute Gasteiger partial charge is 0.185 e. The molecule has 2 heterocycles. The summed E-state index contributed by atoms with van der Waals surface area (Å²) in [7, 11) is 0. The van der Waals surface area contributed by atoms with Gasteiger partial charge in [-0.25, -0.2) is 4.98 Å². The Hall–Kier alpha value is -0.610. The molecule has 0 aromatic carbocycles. The molecule has 1 saturated heterocycles. The second-order valence-corrected chi connectivity index (χ2v) is 4.19. The van der Waals surface area contributed by atoms with Crippen molar-refractivity contribution in [2.45, 2.75) is 19.4 Å². The lowest BCUT2D eigenvalue weighted by Crippen LogP contribution is -2.50. The quantitative estimate of drug-likeness (QED) is 0.775. The highest BCUT2D eigenvalue weighted by Crippen LogP contribution is 2.18.